The lowest BCUT2D eigenvalue weighted by atomic mass is 10.1. The predicted molar refractivity (Wildman–Crippen MR) is 162 cm³/mol. The van der Waals surface area contributed by atoms with Gasteiger partial charge in [-0.15, -0.1) is 11.3 Å². The first-order chi connectivity index (χ1) is 20.6. The Balaban J connectivity index is 1.25. The predicted octanol–water partition coefficient (Wildman–Crippen LogP) is 6.05. The first kappa shape index (κ1) is 28.3. The summed E-state index contributed by atoms with van der Waals surface area (Å²) in [5, 5.41) is 9.50. The Morgan fingerprint density at radius 1 is 1.05 bits per heavy atom. The summed E-state index contributed by atoms with van der Waals surface area (Å²) in [5.74, 6) is 0.252. The van der Waals surface area contributed by atoms with Crippen LogP contribution in [0.4, 0.5) is 26.7 Å². The maximum atomic E-state index is 13.6. The molecular formula is C30H31N7O5S. The van der Waals surface area contributed by atoms with Gasteiger partial charge in [-0.05, 0) is 65.2 Å². The van der Waals surface area contributed by atoms with Gasteiger partial charge in [-0.1, -0.05) is 18.2 Å². The van der Waals surface area contributed by atoms with Crippen molar-refractivity contribution in [1.29, 1.82) is 0 Å². The molecule has 2 atom stereocenters. The molecule has 0 spiro atoms. The smallest absolute Gasteiger partial charge is 0.407 e. The van der Waals surface area contributed by atoms with Crippen molar-refractivity contribution in [3.8, 4) is 11.8 Å². The number of alkyl carbamates (subject to hydrolysis) is 1. The van der Waals surface area contributed by atoms with E-state index in [1.54, 1.807) is 52.1 Å². The highest BCUT2D eigenvalue weighted by atomic mass is 32.1. The zero-order valence-electron chi connectivity index (χ0n) is 24.1. The topological polar surface area (TPSA) is 148 Å². The molecule has 3 N–H and O–H groups in total. The Morgan fingerprint density at radius 2 is 1.79 bits per heavy atom. The monoisotopic (exact) mass is 601 g/mol. The molecule has 222 valence electrons. The van der Waals surface area contributed by atoms with E-state index in [1.807, 2.05) is 18.2 Å². The molecule has 4 aromatic rings. The van der Waals surface area contributed by atoms with E-state index < -0.39 is 17.7 Å². The number of ether oxygens (including phenoxy) is 2. The van der Waals surface area contributed by atoms with Crippen molar-refractivity contribution in [2.75, 3.05) is 10.2 Å². The second-order valence-electron chi connectivity index (χ2n) is 11.4. The molecule has 1 fully saturated rings. The SMILES string of the molecule is Cc1nc(Oc2ccccc2)ncc1N1C(=O)Nc2c(C(=O)N[C@H]3CCC[C@H]3NC(=O)OC(C)(C)C)sc3nccc1c23. The van der Waals surface area contributed by atoms with E-state index in [9.17, 15) is 14.4 Å². The van der Waals surface area contributed by atoms with Gasteiger partial charge in [0, 0.05) is 12.2 Å². The van der Waals surface area contributed by atoms with Crippen LogP contribution in [-0.2, 0) is 4.74 Å². The fourth-order valence-corrected chi connectivity index (χ4v) is 6.31. The highest BCUT2D eigenvalue weighted by Gasteiger charge is 2.36. The second-order valence-corrected chi connectivity index (χ2v) is 12.4. The molecule has 1 saturated carbocycles. The highest BCUT2D eigenvalue weighted by molar-refractivity contribution is 7.21. The molecule has 43 heavy (non-hydrogen) atoms. The lowest BCUT2D eigenvalue weighted by Gasteiger charge is -2.29. The maximum Gasteiger partial charge on any atom is 0.407 e. The summed E-state index contributed by atoms with van der Waals surface area (Å²) in [7, 11) is 0. The van der Waals surface area contributed by atoms with Crippen LogP contribution in [0, 0.1) is 6.92 Å². The Labute approximate surface area is 251 Å². The first-order valence-electron chi connectivity index (χ1n) is 14.0. The zero-order chi connectivity index (χ0) is 30.3. The van der Waals surface area contributed by atoms with Gasteiger partial charge in [0.15, 0.2) is 0 Å². The molecule has 12 nitrogen and oxygen atoms in total. The number of carbonyl (C=O) groups excluding carboxylic acids is 3. The first-order valence-corrected chi connectivity index (χ1v) is 14.8. The zero-order valence-corrected chi connectivity index (χ0v) is 24.9. The molecule has 6 rings (SSSR count). The molecule has 1 aliphatic heterocycles. The number of nitrogens with zero attached hydrogens (tertiary/aromatic N) is 4. The molecule has 1 aromatic carbocycles. The average molecular weight is 602 g/mol. The number of hydrogen-bond donors (Lipinski definition) is 3. The van der Waals surface area contributed by atoms with Crippen LogP contribution in [0.3, 0.4) is 0 Å². The Hall–Kier alpha value is -4.78. The van der Waals surface area contributed by atoms with Crippen LogP contribution in [0.15, 0.2) is 48.8 Å². The van der Waals surface area contributed by atoms with Crippen molar-refractivity contribution in [2.24, 2.45) is 0 Å². The summed E-state index contributed by atoms with van der Waals surface area (Å²) in [6, 6.07) is 10.1. The molecule has 3 aromatic heterocycles. The summed E-state index contributed by atoms with van der Waals surface area (Å²) >= 11 is 1.20. The normalized spacial score (nSPS) is 17.9. The van der Waals surface area contributed by atoms with E-state index in [2.05, 4.69) is 30.9 Å². The van der Waals surface area contributed by atoms with Gasteiger partial charge in [0.05, 0.1) is 40.4 Å². The van der Waals surface area contributed by atoms with Crippen molar-refractivity contribution >= 4 is 56.6 Å². The Kier molecular flexibility index (Phi) is 7.34. The molecule has 0 bridgehead atoms. The van der Waals surface area contributed by atoms with Crippen LogP contribution in [0.25, 0.3) is 10.2 Å². The molecule has 1 aliphatic carbocycles. The third kappa shape index (κ3) is 5.80. The third-order valence-corrected chi connectivity index (χ3v) is 8.21. The number of amides is 4. The second kappa shape index (κ2) is 11.1. The van der Waals surface area contributed by atoms with Crippen LogP contribution >= 0.6 is 11.3 Å². The van der Waals surface area contributed by atoms with Crippen LogP contribution in [0.1, 0.15) is 55.4 Å². The van der Waals surface area contributed by atoms with Gasteiger partial charge in [0.1, 0.15) is 21.1 Å². The minimum Gasteiger partial charge on any atom is -0.444 e. The fourth-order valence-electron chi connectivity index (χ4n) is 5.28. The van der Waals surface area contributed by atoms with E-state index in [0.717, 1.165) is 12.8 Å². The number of urea groups is 1. The number of thiophene rings is 1. The minimum absolute atomic E-state index is 0.159. The summed E-state index contributed by atoms with van der Waals surface area (Å²) in [6.45, 7) is 7.17. The van der Waals surface area contributed by atoms with E-state index in [-0.39, 0.29) is 24.0 Å². The summed E-state index contributed by atoms with van der Waals surface area (Å²) in [4.78, 5) is 55.2. The molecule has 0 unspecified atom stereocenters. The number of anilines is 3. The van der Waals surface area contributed by atoms with E-state index >= 15 is 0 Å². The van der Waals surface area contributed by atoms with Gasteiger partial charge in [-0.25, -0.2) is 19.6 Å². The van der Waals surface area contributed by atoms with Gasteiger partial charge < -0.3 is 25.4 Å². The maximum absolute atomic E-state index is 13.6. The summed E-state index contributed by atoms with van der Waals surface area (Å²) < 4.78 is 11.1. The lowest BCUT2D eigenvalue weighted by Crippen LogP contribution is -2.49. The fraction of sp³-hybridized carbons (Fsp3) is 0.333. The van der Waals surface area contributed by atoms with Crippen molar-refractivity contribution in [3.05, 3.63) is 59.4 Å². The number of para-hydroxylation sites is 1. The summed E-state index contributed by atoms with van der Waals surface area (Å²) in [5.41, 5.74) is 1.34. The molecule has 2 aliphatic rings. The number of aryl methyl sites for hydroxylation is 1. The minimum atomic E-state index is -0.624. The number of aromatic nitrogens is 3. The molecular weight excluding hydrogens is 570 g/mol. The van der Waals surface area contributed by atoms with Crippen LogP contribution in [-0.4, -0.2) is 50.7 Å². The Bertz CT molecular complexity index is 1720. The average Bonchev–Trinajstić information content (AvgIpc) is 3.54. The van der Waals surface area contributed by atoms with Gasteiger partial charge in [-0.3, -0.25) is 9.69 Å². The van der Waals surface area contributed by atoms with Crippen molar-refractivity contribution in [2.45, 2.75) is 64.6 Å². The quantitative estimate of drug-likeness (QED) is 0.242. The third-order valence-electron chi connectivity index (χ3n) is 7.11. The summed E-state index contributed by atoms with van der Waals surface area (Å²) in [6.07, 6.45) is 4.90. The number of hydrogen-bond acceptors (Lipinski definition) is 9. The largest absolute Gasteiger partial charge is 0.444 e. The number of benzene rings is 1. The van der Waals surface area contributed by atoms with E-state index in [1.165, 1.54) is 22.4 Å². The van der Waals surface area contributed by atoms with Gasteiger partial charge in [0.2, 0.25) is 0 Å². The van der Waals surface area contributed by atoms with Crippen LogP contribution in [0.5, 0.6) is 11.8 Å². The number of nitrogens with one attached hydrogen (secondary N) is 3. The van der Waals surface area contributed by atoms with Crippen molar-refractivity contribution in [3.63, 3.8) is 0 Å². The van der Waals surface area contributed by atoms with Crippen molar-refractivity contribution in [1.82, 2.24) is 25.6 Å². The Morgan fingerprint density at radius 3 is 2.51 bits per heavy atom. The standard InChI is InChI=1S/C30H31N7O5S/c1-16-21(15-32-27(33-16)41-17-9-6-5-7-10-17)37-20-13-14-31-26-22(20)23(36-28(37)39)24(43-26)25(38)34-18-11-8-12-19(18)35-29(40)42-30(2,3)4/h5-7,9-10,13-15,18-19H,8,11-12H2,1-4H3,(H,34,38)(H,35,40)(H,36,39)/t18-,19+/m0/s1. The molecule has 13 heteroatoms. The van der Waals surface area contributed by atoms with E-state index in [4.69, 9.17) is 9.47 Å². The van der Waals surface area contributed by atoms with Gasteiger partial charge in [0.25, 0.3) is 5.91 Å². The lowest BCUT2D eigenvalue weighted by molar-refractivity contribution is 0.0495. The molecule has 4 amide bonds. The van der Waals surface area contributed by atoms with Crippen LogP contribution in [0.2, 0.25) is 0 Å². The van der Waals surface area contributed by atoms with Crippen LogP contribution < -0.4 is 25.6 Å². The highest BCUT2D eigenvalue weighted by Crippen LogP contribution is 2.46. The van der Waals surface area contributed by atoms with Crippen molar-refractivity contribution < 1.29 is 23.9 Å². The number of rotatable bonds is 6. The number of pyridine rings is 1. The molecule has 0 radical (unpaired) electrons. The van der Waals surface area contributed by atoms with Gasteiger partial charge in [-0.2, -0.15) is 4.98 Å². The van der Waals surface area contributed by atoms with Gasteiger partial charge >= 0.3 is 18.1 Å². The van der Waals surface area contributed by atoms with E-state index in [0.29, 0.717) is 50.0 Å². The molecule has 4 heterocycles. The molecule has 0 saturated heterocycles. The number of carbonyl (C=O) groups is 3.